The Kier molecular flexibility index (Phi) is 12.2. The Morgan fingerprint density at radius 3 is 2.20 bits per heavy atom. The number of esters is 2. The Balaban J connectivity index is 3.44. The van der Waals surface area contributed by atoms with Gasteiger partial charge in [-0.05, 0) is 12.3 Å². The van der Waals surface area contributed by atoms with Crippen LogP contribution in [-0.2, 0) is 23.8 Å². The van der Waals surface area contributed by atoms with Crippen LogP contribution >= 0.6 is 0 Å². The van der Waals surface area contributed by atoms with Gasteiger partial charge in [-0.25, -0.2) is 9.59 Å². The van der Waals surface area contributed by atoms with E-state index < -0.39 is 11.9 Å². The minimum Gasteiger partial charge on any atom is -0.464 e. The molecule has 0 spiro atoms. The van der Waals surface area contributed by atoms with Crippen molar-refractivity contribution in [3.05, 3.63) is 0 Å². The van der Waals surface area contributed by atoms with Gasteiger partial charge in [0, 0.05) is 0 Å². The molecule has 5 nitrogen and oxygen atoms in total. The maximum Gasteiger partial charge on any atom is 0.332 e. The second kappa shape index (κ2) is 12.9. The van der Waals surface area contributed by atoms with Crippen LogP contribution in [0.2, 0.25) is 0 Å². The lowest BCUT2D eigenvalue weighted by Crippen LogP contribution is -2.20. The smallest absolute Gasteiger partial charge is 0.332 e. The zero-order chi connectivity index (χ0) is 15.2. The summed E-state index contributed by atoms with van der Waals surface area (Å²) in [4.78, 5) is 22.5. The molecule has 0 aromatic carbocycles. The van der Waals surface area contributed by atoms with Gasteiger partial charge in [0.2, 0.25) is 0 Å². The van der Waals surface area contributed by atoms with Gasteiger partial charge in [0.25, 0.3) is 0 Å². The maximum absolute atomic E-state index is 11.3. The topological polar surface area (TPSA) is 61.8 Å². The van der Waals surface area contributed by atoms with Gasteiger partial charge in [-0.2, -0.15) is 0 Å². The van der Waals surface area contributed by atoms with Crippen LogP contribution in [0.4, 0.5) is 0 Å². The van der Waals surface area contributed by atoms with Crippen molar-refractivity contribution in [1.29, 1.82) is 0 Å². The van der Waals surface area contributed by atoms with Crippen LogP contribution < -0.4 is 0 Å². The minimum absolute atomic E-state index is 0.202. The summed E-state index contributed by atoms with van der Waals surface area (Å²) in [7, 11) is 0. The number of unbranched alkanes of at least 4 members (excludes halogenated alkanes) is 3. The van der Waals surface area contributed by atoms with Crippen LogP contribution in [0.3, 0.4) is 0 Å². The van der Waals surface area contributed by atoms with Crippen LogP contribution in [0.5, 0.6) is 0 Å². The number of hydrogen-bond donors (Lipinski definition) is 0. The zero-order valence-electron chi connectivity index (χ0n) is 13.0. The molecule has 0 radical (unpaired) electrons. The Bertz CT molecular complexity index is 265. The lowest BCUT2D eigenvalue weighted by Gasteiger charge is -2.09. The van der Waals surface area contributed by atoms with E-state index in [1.54, 1.807) is 0 Å². The third kappa shape index (κ3) is 12.0. The van der Waals surface area contributed by atoms with Crippen LogP contribution in [0.1, 0.15) is 52.9 Å². The SMILES string of the molecule is CCCCCCOC(=O)COCC(=O)OCC(C)CC. The van der Waals surface area contributed by atoms with E-state index in [0.29, 0.717) is 19.1 Å². The predicted octanol–water partition coefficient (Wildman–Crippen LogP) is 2.72. The van der Waals surface area contributed by atoms with Gasteiger partial charge in [-0.15, -0.1) is 0 Å². The summed E-state index contributed by atoms with van der Waals surface area (Å²) in [6.45, 7) is 6.56. The Hall–Kier alpha value is -1.10. The third-order valence-electron chi connectivity index (χ3n) is 2.93. The summed E-state index contributed by atoms with van der Waals surface area (Å²) >= 11 is 0. The van der Waals surface area contributed by atoms with E-state index in [0.717, 1.165) is 32.1 Å². The van der Waals surface area contributed by atoms with Gasteiger partial charge in [-0.3, -0.25) is 0 Å². The summed E-state index contributed by atoms with van der Waals surface area (Å²) in [5, 5.41) is 0. The van der Waals surface area contributed by atoms with Crippen molar-refractivity contribution in [1.82, 2.24) is 0 Å². The maximum atomic E-state index is 11.3. The monoisotopic (exact) mass is 288 g/mol. The molecular weight excluding hydrogens is 260 g/mol. The summed E-state index contributed by atoms with van der Waals surface area (Å²) in [5.41, 5.74) is 0. The second-order valence-corrected chi connectivity index (χ2v) is 4.97. The third-order valence-corrected chi connectivity index (χ3v) is 2.93. The van der Waals surface area contributed by atoms with Crippen molar-refractivity contribution in [3.8, 4) is 0 Å². The molecule has 0 aliphatic heterocycles. The highest BCUT2D eigenvalue weighted by Crippen LogP contribution is 2.01. The van der Waals surface area contributed by atoms with Crippen LogP contribution in [0, 0.1) is 5.92 Å². The first-order chi connectivity index (χ1) is 9.60. The minimum atomic E-state index is -0.443. The lowest BCUT2D eigenvalue weighted by atomic mass is 10.1. The van der Waals surface area contributed by atoms with E-state index in [2.05, 4.69) is 6.92 Å². The summed E-state index contributed by atoms with van der Waals surface area (Å²) in [5.74, 6) is -0.538. The summed E-state index contributed by atoms with van der Waals surface area (Å²) in [6, 6.07) is 0. The highest BCUT2D eigenvalue weighted by Gasteiger charge is 2.08. The first kappa shape index (κ1) is 18.9. The fraction of sp³-hybridized carbons (Fsp3) is 0.867. The molecule has 1 unspecified atom stereocenters. The Morgan fingerprint density at radius 2 is 1.60 bits per heavy atom. The molecule has 0 fully saturated rings. The van der Waals surface area contributed by atoms with Gasteiger partial charge in [0.05, 0.1) is 13.2 Å². The molecule has 0 heterocycles. The average Bonchev–Trinajstić information content (AvgIpc) is 2.44. The van der Waals surface area contributed by atoms with Crippen LogP contribution in [-0.4, -0.2) is 38.4 Å². The van der Waals surface area contributed by atoms with E-state index in [-0.39, 0.29) is 13.2 Å². The molecule has 0 aromatic heterocycles. The van der Waals surface area contributed by atoms with Crippen LogP contribution in [0.25, 0.3) is 0 Å². The van der Waals surface area contributed by atoms with E-state index >= 15 is 0 Å². The first-order valence-electron chi connectivity index (χ1n) is 7.49. The zero-order valence-corrected chi connectivity index (χ0v) is 13.0. The van der Waals surface area contributed by atoms with Crippen LogP contribution in [0.15, 0.2) is 0 Å². The molecular formula is C15H28O5. The average molecular weight is 288 g/mol. The Labute approximate surface area is 122 Å². The Morgan fingerprint density at radius 1 is 0.950 bits per heavy atom. The molecule has 0 saturated carbocycles. The molecule has 0 rings (SSSR count). The molecule has 0 aromatic rings. The molecule has 20 heavy (non-hydrogen) atoms. The van der Waals surface area contributed by atoms with Crippen molar-refractivity contribution in [2.75, 3.05) is 26.4 Å². The number of hydrogen-bond acceptors (Lipinski definition) is 5. The first-order valence-corrected chi connectivity index (χ1v) is 7.49. The fourth-order valence-electron chi connectivity index (χ4n) is 1.37. The highest BCUT2D eigenvalue weighted by molar-refractivity contribution is 5.73. The van der Waals surface area contributed by atoms with Crippen molar-refractivity contribution in [3.63, 3.8) is 0 Å². The normalized spacial score (nSPS) is 11.9. The molecule has 0 aliphatic carbocycles. The van der Waals surface area contributed by atoms with Crippen molar-refractivity contribution < 1.29 is 23.8 Å². The fourth-order valence-corrected chi connectivity index (χ4v) is 1.37. The molecule has 118 valence electrons. The van der Waals surface area contributed by atoms with E-state index in [4.69, 9.17) is 14.2 Å². The quantitative estimate of drug-likeness (QED) is 0.408. The summed E-state index contributed by atoms with van der Waals surface area (Å²) < 4.78 is 14.9. The molecule has 0 N–H and O–H groups in total. The van der Waals surface area contributed by atoms with Gasteiger partial charge in [0.1, 0.15) is 13.2 Å². The number of rotatable bonds is 12. The van der Waals surface area contributed by atoms with Gasteiger partial charge >= 0.3 is 11.9 Å². The standard InChI is InChI=1S/C15H28O5/c1-4-6-7-8-9-19-14(16)11-18-12-15(17)20-10-13(3)5-2/h13H,4-12H2,1-3H3. The van der Waals surface area contributed by atoms with Crippen molar-refractivity contribution >= 4 is 11.9 Å². The van der Waals surface area contributed by atoms with E-state index in [1.165, 1.54) is 0 Å². The lowest BCUT2D eigenvalue weighted by molar-refractivity contribution is -0.156. The van der Waals surface area contributed by atoms with Gasteiger partial charge in [-0.1, -0.05) is 46.5 Å². The molecule has 0 aliphatic rings. The highest BCUT2D eigenvalue weighted by atomic mass is 16.6. The molecule has 0 bridgehead atoms. The van der Waals surface area contributed by atoms with E-state index in [9.17, 15) is 9.59 Å². The number of carbonyl (C=O) groups excluding carboxylic acids is 2. The van der Waals surface area contributed by atoms with Crippen molar-refractivity contribution in [2.24, 2.45) is 5.92 Å². The molecule has 0 saturated heterocycles. The number of carbonyl (C=O) groups is 2. The molecule has 1 atom stereocenters. The summed E-state index contributed by atoms with van der Waals surface area (Å²) in [6.07, 6.45) is 5.19. The molecule has 5 heteroatoms. The van der Waals surface area contributed by atoms with Gasteiger partial charge < -0.3 is 14.2 Å². The second-order valence-electron chi connectivity index (χ2n) is 4.97. The predicted molar refractivity (Wildman–Crippen MR) is 76.3 cm³/mol. The largest absolute Gasteiger partial charge is 0.464 e. The number of ether oxygens (including phenoxy) is 3. The van der Waals surface area contributed by atoms with Crippen molar-refractivity contribution in [2.45, 2.75) is 52.9 Å². The molecule has 0 amide bonds. The van der Waals surface area contributed by atoms with Gasteiger partial charge in [0.15, 0.2) is 0 Å². The van der Waals surface area contributed by atoms with E-state index in [1.807, 2.05) is 13.8 Å².